The lowest BCUT2D eigenvalue weighted by molar-refractivity contribution is -0.137. The number of nitrogens with zero attached hydrogens (tertiary/aromatic N) is 5. The van der Waals surface area contributed by atoms with Crippen LogP contribution in [0, 0.1) is 5.92 Å². The lowest BCUT2D eigenvalue weighted by Gasteiger charge is -2.18. The second-order valence-electron chi connectivity index (χ2n) is 7.43. The molecule has 2 aromatic rings. The van der Waals surface area contributed by atoms with E-state index in [0.717, 1.165) is 41.2 Å². The number of allylic oxidation sites excluding steroid dienone is 4. The molecule has 1 aliphatic heterocycles. The van der Waals surface area contributed by atoms with E-state index in [1.54, 1.807) is 16.8 Å². The fourth-order valence-corrected chi connectivity index (χ4v) is 3.83. The Morgan fingerprint density at radius 2 is 2.20 bits per heavy atom. The Morgan fingerprint density at radius 1 is 1.43 bits per heavy atom. The van der Waals surface area contributed by atoms with Crippen LogP contribution in [0.15, 0.2) is 46.8 Å². The van der Waals surface area contributed by atoms with Gasteiger partial charge in [0.15, 0.2) is 5.65 Å². The zero-order valence-corrected chi connectivity index (χ0v) is 17.7. The van der Waals surface area contributed by atoms with Gasteiger partial charge in [-0.1, -0.05) is 12.2 Å². The van der Waals surface area contributed by atoms with Crippen molar-refractivity contribution in [3.8, 4) is 0 Å². The van der Waals surface area contributed by atoms with Crippen molar-refractivity contribution in [3.63, 3.8) is 0 Å². The molecule has 0 amide bonds. The Balaban J connectivity index is 1.97. The Hall–Kier alpha value is -3.42. The van der Waals surface area contributed by atoms with Gasteiger partial charge in [-0.3, -0.25) is 9.79 Å². The van der Waals surface area contributed by atoms with Crippen LogP contribution in [0.1, 0.15) is 39.2 Å². The topological polar surface area (TPSA) is 109 Å². The van der Waals surface area contributed by atoms with Crippen molar-refractivity contribution in [2.24, 2.45) is 10.9 Å². The molecule has 0 spiro atoms. The van der Waals surface area contributed by atoms with Crippen molar-refractivity contribution >= 4 is 35.5 Å². The molecule has 0 bridgehead atoms. The van der Waals surface area contributed by atoms with Crippen molar-refractivity contribution in [3.05, 3.63) is 47.3 Å². The highest BCUT2D eigenvalue weighted by Crippen LogP contribution is 2.29. The van der Waals surface area contributed by atoms with E-state index in [0.29, 0.717) is 18.0 Å². The third kappa shape index (κ3) is 4.27. The number of anilines is 2. The SMILES string of the molecule is C=NC(=C/C)/C(=C\C)/C=C(\C)c1cnn2c(N)cc(N3CCC(CC(=O)O)C3)nc12. The molecule has 1 aliphatic rings. The molecule has 30 heavy (non-hydrogen) atoms. The van der Waals surface area contributed by atoms with E-state index in [1.165, 1.54) is 0 Å². The van der Waals surface area contributed by atoms with Crippen LogP contribution in [0.3, 0.4) is 0 Å². The summed E-state index contributed by atoms with van der Waals surface area (Å²) in [5, 5.41) is 13.5. The normalized spacial score (nSPS) is 18.3. The zero-order valence-electron chi connectivity index (χ0n) is 17.7. The molecule has 0 saturated carbocycles. The molecule has 3 heterocycles. The first-order valence-corrected chi connectivity index (χ1v) is 9.97. The van der Waals surface area contributed by atoms with Crippen molar-refractivity contribution in [1.82, 2.24) is 14.6 Å². The highest BCUT2D eigenvalue weighted by Gasteiger charge is 2.26. The summed E-state index contributed by atoms with van der Waals surface area (Å²) >= 11 is 0. The van der Waals surface area contributed by atoms with Gasteiger partial charge in [-0.15, -0.1) is 0 Å². The molecule has 8 heteroatoms. The monoisotopic (exact) mass is 408 g/mol. The number of carboxylic acid groups (broad SMARTS) is 1. The quantitative estimate of drug-likeness (QED) is 0.535. The molecule has 3 N–H and O–H groups in total. The van der Waals surface area contributed by atoms with Gasteiger partial charge in [0.25, 0.3) is 0 Å². The van der Waals surface area contributed by atoms with Gasteiger partial charge >= 0.3 is 5.97 Å². The Labute approximate surface area is 176 Å². The minimum atomic E-state index is -0.766. The van der Waals surface area contributed by atoms with Gasteiger partial charge in [0.05, 0.1) is 11.9 Å². The van der Waals surface area contributed by atoms with Gasteiger partial charge < -0.3 is 15.7 Å². The number of aliphatic imine (C=N–C) groups is 1. The van der Waals surface area contributed by atoms with Gasteiger partial charge in [-0.25, -0.2) is 4.98 Å². The summed E-state index contributed by atoms with van der Waals surface area (Å²) in [5.74, 6) is 0.591. The van der Waals surface area contributed by atoms with Gasteiger partial charge in [0.1, 0.15) is 11.6 Å². The van der Waals surface area contributed by atoms with Crippen molar-refractivity contribution in [1.29, 1.82) is 0 Å². The van der Waals surface area contributed by atoms with Crippen LogP contribution < -0.4 is 10.6 Å². The predicted octanol–water partition coefficient (Wildman–Crippen LogP) is 3.57. The lowest BCUT2D eigenvalue weighted by Crippen LogP contribution is -2.22. The van der Waals surface area contributed by atoms with E-state index in [4.69, 9.17) is 15.8 Å². The van der Waals surface area contributed by atoms with E-state index in [2.05, 4.69) is 21.7 Å². The molecule has 1 atom stereocenters. The van der Waals surface area contributed by atoms with E-state index < -0.39 is 5.97 Å². The second kappa shape index (κ2) is 8.94. The van der Waals surface area contributed by atoms with Crippen LogP contribution in [0.2, 0.25) is 0 Å². The number of carbonyl (C=O) groups is 1. The number of carboxylic acids is 1. The highest BCUT2D eigenvalue weighted by molar-refractivity contribution is 5.78. The number of nitrogens with two attached hydrogens (primary N) is 1. The van der Waals surface area contributed by atoms with Crippen LogP contribution in [0.5, 0.6) is 0 Å². The Morgan fingerprint density at radius 3 is 2.83 bits per heavy atom. The molecule has 158 valence electrons. The number of hydrogen-bond acceptors (Lipinski definition) is 6. The van der Waals surface area contributed by atoms with Crippen LogP contribution >= 0.6 is 0 Å². The Bertz CT molecular complexity index is 1060. The number of fused-ring (bicyclic) bond motifs is 1. The van der Waals surface area contributed by atoms with E-state index in [1.807, 2.05) is 39.0 Å². The zero-order chi connectivity index (χ0) is 21.8. The van der Waals surface area contributed by atoms with Crippen molar-refractivity contribution in [2.45, 2.75) is 33.6 Å². The first kappa shape index (κ1) is 21.3. The molecule has 1 fully saturated rings. The molecule has 3 rings (SSSR count). The van der Waals surface area contributed by atoms with E-state index in [9.17, 15) is 4.79 Å². The van der Waals surface area contributed by atoms with E-state index in [-0.39, 0.29) is 12.3 Å². The largest absolute Gasteiger partial charge is 0.481 e. The number of hydrogen-bond donors (Lipinski definition) is 2. The summed E-state index contributed by atoms with van der Waals surface area (Å²) in [6.45, 7) is 10.9. The molecular weight excluding hydrogens is 380 g/mol. The second-order valence-corrected chi connectivity index (χ2v) is 7.43. The Kier molecular flexibility index (Phi) is 6.34. The van der Waals surface area contributed by atoms with Crippen LogP contribution in [0.4, 0.5) is 11.6 Å². The van der Waals surface area contributed by atoms with Gasteiger partial charge in [0.2, 0.25) is 0 Å². The molecule has 0 radical (unpaired) electrons. The molecule has 2 aromatic heterocycles. The third-order valence-electron chi connectivity index (χ3n) is 5.41. The van der Waals surface area contributed by atoms with Crippen LogP contribution in [-0.4, -0.2) is 45.5 Å². The van der Waals surface area contributed by atoms with Gasteiger partial charge in [0, 0.05) is 31.1 Å². The van der Waals surface area contributed by atoms with Crippen molar-refractivity contribution < 1.29 is 9.90 Å². The third-order valence-corrected chi connectivity index (χ3v) is 5.41. The number of aromatic nitrogens is 3. The fourth-order valence-electron chi connectivity index (χ4n) is 3.83. The summed E-state index contributed by atoms with van der Waals surface area (Å²) < 4.78 is 1.62. The maximum atomic E-state index is 11.0. The van der Waals surface area contributed by atoms with Crippen molar-refractivity contribution in [2.75, 3.05) is 23.7 Å². The molecular formula is C22H28N6O2. The van der Waals surface area contributed by atoms with E-state index >= 15 is 0 Å². The number of rotatable bonds is 7. The maximum Gasteiger partial charge on any atom is 0.303 e. The predicted molar refractivity (Wildman–Crippen MR) is 121 cm³/mol. The summed E-state index contributed by atoms with van der Waals surface area (Å²) in [6, 6.07) is 1.79. The summed E-state index contributed by atoms with van der Waals surface area (Å²) in [5.41, 5.74) is 10.6. The summed E-state index contributed by atoms with van der Waals surface area (Å²) in [7, 11) is 0. The minimum absolute atomic E-state index is 0.121. The first-order valence-electron chi connectivity index (χ1n) is 9.97. The molecule has 1 saturated heterocycles. The lowest BCUT2D eigenvalue weighted by atomic mass is 10.0. The van der Waals surface area contributed by atoms with Gasteiger partial charge in [-0.05, 0) is 57.0 Å². The molecule has 0 aliphatic carbocycles. The fraction of sp³-hybridized carbons (Fsp3) is 0.364. The van der Waals surface area contributed by atoms with Crippen LogP contribution in [0.25, 0.3) is 11.2 Å². The molecule has 8 nitrogen and oxygen atoms in total. The number of aliphatic carboxylic acids is 1. The maximum absolute atomic E-state index is 11.0. The average Bonchev–Trinajstić information content (AvgIpc) is 3.34. The molecule has 0 aromatic carbocycles. The average molecular weight is 409 g/mol. The van der Waals surface area contributed by atoms with Crippen LogP contribution in [-0.2, 0) is 4.79 Å². The van der Waals surface area contributed by atoms with Gasteiger partial charge in [-0.2, -0.15) is 9.61 Å². The standard InChI is InChI=1S/C22H28N6O2/c1-5-16(18(6-2)24-4)9-14(3)17-12-25-28-19(23)11-20(26-22(17)28)27-8-7-15(13-27)10-21(29)30/h5-6,9,11-12,15H,4,7-8,10,13,23H2,1-3H3,(H,29,30)/b14-9+,16-5-,18-6+. The summed E-state index contributed by atoms with van der Waals surface area (Å²) in [4.78, 5) is 22.0. The number of nitrogen functional groups attached to an aromatic ring is 1. The molecule has 1 unspecified atom stereocenters. The first-order chi connectivity index (χ1) is 14.4. The smallest absolute Gasteiger partial charge is 0.303 e. The highest BCUT2D eigenvalue weighted by atomic mass is 16.4. The minimum Gasteiger partial charge on any atom is -0.481 e. The summed E-state index contributed by atoms with van der Waals surface area (Å²) in [6.07, 6.45) is 8.69.